The van der Waals surface area contributed by atoms with Crippen LogP contribution in [0.5, 0.6) is 0 Å². The minimum Gasteiger partial charge on any atom is -0.341 e. The molecule has 9 heteroatoms. The van der Waals surface area contributed by atoms with Gasteiger partial charge in [-0.1, -0.05) is 0 Å². The van der Waals surface area contributed by atoms with Gasteiger partial charge in [0.15, 0.2) is 5.65 Å². The van der Waals surface area contributed by atoms with Crippen LogP contribution in [0.3, 0.4) is 0 Å². The molecule has 6 nitrogen and oxygen atoms in total. The Balaban J connectivity index is 1.62. The number of fused-ring (bicyclic) bond motifs is 1. The summed E-state index contributed by atoms with van der Waals surface area (Å²) >= 11 is 1.25. The number of alkyl halides is 2. The van der Waals surface area contributed by atoms with Gasteiger partial charge in [-0.2, -0.15) is 5.10 Å². The third-order valence-electron chi connectivity index (χ3n) is 4.91. The van der Waals surface area contributed by atoms with Crippen molar-refractivity contribution >= 4 is 22.9 Å². The van der Waals surface area contributed by atoms with Crippen molar-refractivity contribution in [2.45, 2.75) is 44.2 Å². The van der Waals surface area contributed by atoms with Gasteiger partial charge in [-0.05, 0) is 38.0 Å². The second-order valence-corrected chi connectivity index (χ2v) is 8.04. The van der Waals surface area contributed by atoms with E-state index in [0.717, 1.165) is 16.1 Å². The minimum absolute atomic E-state index is 0.256. The van der Waals surface area contributed by atoms with Crippen molar-refractivity contribution in [3.05, 3.63) is 40.3 Å². The van der Waals surface area contributed by atoms with E-state index in [9.17, 15) is 13.6 Å². The number of hydrogen-bond acceptors (Lipinski definition) is 5. The number of nitrogens with one attached hydrogen (secondary N) is 1. The monoisotopic (exact) mass is 391 g/mol. The molecule has 4 rings (SSSR count). The maximum atomic E-state index is 14.2. The number of aryl methyl sites for hydroxylation is 1. The quantitative estimate of drug-likeness (QED) is 0.719. The number of rotatable bonds is 3. The number of nitrogens with zero attached hydrogens (tertiary/aromatic N) is 3. The van der Waals surface area contributed by atoms with Gasteiger partial charge in [-0.25, -0.2) is 18.3 Å². The van der Waals surface area contributed by atoms with E-state index < -0.39 is 23.9 Å². The molecule has 1 saturated carbocycles. The molecule has 3 aromatic heterocycles. The SMILES string of the molecule is Cc1sc(C(=O)NC2C(N)CCCC2(F)F)cc1-c1cnc2cccnn12. The molecule has 0 radical (unpaired) electrons. The highest BCUT2D eigenvalue weighted by atomic mass is 32.1. The van der Waals surface area contributed by atoms with Crippen LogP contribution in [0.25, 0.3) is 16.9 Å². The number of carbonyl (C=O) groups is 1. The molecule has 3 aromatic rings. The van der Waals surface area contributed by atoms with Gasteiger partial charge in [-0.15, -0.1) is 11.3 Å². The Hall–Kier alpha value is -2.39. The average molecular weight is 391 g/mol. The Morgan fingerprint density at radius 1 is 1.48 bits per heavy atom. The van der Waals surface area contributed by atoms with E-state index in [-0.39, 0.29) is 6.42 Å². The Bertz CT molecular complexity index is 999. The first kappa shape index (κ1) is 18.0. The number of amides is 1. The van der Waals surface area contributed by atoms with Crippen molar-refractivity contribution in [1.29, 1.82) is 0 Å². The van der Waals surface area contributed by atoms with Crippen LogP contribution in [0.1, 0.15) is 33.8 Å². The summed E-state index contributed by atoms with van der Waals surface area (Å²) in [7, 11) is 0. The predicted octanol–water partition coefficient (Wildman–Crippen LogP) is 3.01. The molecule has 0 bridgehead atoms. The first-order valence-electron chi connectivity index (χ1n) is 8.70. The lowest BCUT2D eigenvalue weighted by molar-refractivity contribution is -0.0674. The van der Waals surface area contributed by atoms with Crippen LogP contribution < -0.4 is 11.1 Å². The molecule has 0 aliphatic heterocycles. The molecule has 2 unspecified atom stereocenters. The first-order chi connectivity index (χ1) is 12.9. The summed E-state index contributed by atoms with van der Waals surface area (Å²) in [5, 5.41) is 6.73. The summed E-state index contributed by atoms with van der Waals surface area (Å²) < 4.78 is 30.0. The Morgan fingerprint density at radius 3 is 3.07 bits per heavy atom. The predicted molar refractivity (Wildman–Crippen MR) is 99.1 cm³/mol. The largest absolute Gasteiger partial charge is 0.341 e. The third-order valence-corrected chi connectivity index (χ3v) is 5.96. The van der Waals surface area contributed by atoms with Crippen molar-refractivity contribution in [3.8, 4) is 11.3 Å². The molecule has 0 saturated heterocycles. The highest BCUT2D eigenvalue weighted by Gasteiger charge is 2.46. The van der Waals surface area contributed by atoms with Crippen molar-refractivity contribution in [1.82, 2.24) is 19.9 Å². The van der Waals surface area contributed by atoms with Crippen LogP contribution in [0.4, 0.5) is 8.78 Å². The van der Waals surface area contributed by atoms with E-state index >= 15 is 0 Å². The summed E-state index contributed by atoms with van der Waals surface area (Å²) in [6, 6.07) is 3.22. The van der Waals surface area contributed by atoms with Gasteiger partial charge in [0, 0.05) is 29.1 Å². The number of carbonyl (C=O) groups excluding carboxylic acids is 1. The number of aromatic nitrogens is 3. The maximum absolute atomic E-state index is 14.2. The highest BCUT2D eigenvalue weighted by molar-refractivity contribution is 7.14. The van der Waals surface area contributed by atoms with E-state index in [1.807, 2.05) is 13.0 Å². The average Bonchev–Trinajstić information content (AvgIpc) is 3.21. The third kappa shape index (κ3) is 3.21. The molecule has 0 spiro atoms. The van der Waals surface area contributed by atoms with Gasteiger partial charge < -0.3 is 11.1 Å². The number of nitrogens with two attached hydrogens (primary N) is 1. The van der Waals surface area contributed by atoms with Crippen LogP contribution in [0, 0.1) is 6.92 Å². The number of hydrogen-bond donors (Lipinski definition) is 2. The van der Waals surface area contributed by atoms with Crippen LogP contribution in [0.2, 0.25) is 0 Å². The zero-order valence-corrected chi connectivity index (χ0v) is 15.5. The van der Waals surface area contributed by atoms with Crippen molar-refractivity contribution < 1.29 is 13.6 Å². The van der Waals surface area contributed by atoms with Crippen LogP contribution in [-0.4, -0.2) is 38.5 Å². The summed E-state index contributed by atoms with van der Waals surface area (Å²) in [5.74, 6) is -3.52. The van der Waals surface area contributed by atoms with Gasteiger partial charge in [-0.3, -0.25) is 4.79 Å². The van der Waals surface area contributed by atoms with Gasteiger partial charge in [0.2, 0.25) is 0 Å². The lowest BCUT2D eigenvalue weighted by Crippen LogP contribution is -2.59. The molecule has 142 valence electrons. The fourth-order valence-corrected chi connectivity index (χ4v) is 4.43. The lowest BCUT2D eigenvalue weighted by atomic mass is 9.87. The second-order valence-electron chi connectivity index (χ2n) is 6.79. The fraction of sp³-hybridized carbons (Fsp3) is 0.389. The number of imidazole rings is 1. The van der Waals surface area contributed by atoms with Crippen molar-refractivity contribution in [2.75, 3.05) is 0 Å². The van der Waals surface area contributed by atoms with E-state index in [2.05, 4.69) is 15.4 Å². The van der Waals surface area contributed by atoms with Crippen LogP contribution in [-0.2, 0) is 0 Å². The van der Waals surface area contributed by atoms with Crippen LogP contribution >= 0.6 is 11.3 Å². The topological polar surface area (TPSA) is 85.3 Å². The summed E-state index contributed by atoms with van der Waals surface area (Å²) in [5.41, 5.74) is 8.09. The zero-order chi connectivity index (χ0) is 19.2. The smallest absolute Gasteiger partial charge is 0.269 e. The second kappa shape index (κ2) is 6.65. The van der Waals surface area contributed by atoms with Gasteiger partial charge in [0.25, 0.3) is 11.8 Å². The molecule has 3 heterocycles. The van der Waals surface area contributed by atoms with Gasteiger partial charge in [0.1, 0.15) is 6.04 Å². The van der Waals surface area contributed by atoms with E-state index in [1.54, 1.807) is 29.0 Å². The molecular weight excluding hydrogens is 372 g/mol. The molecular formula is C18H19F2N5OS. The maximum Gasteiger partial charge on any atom is 0.269 e. The van der Waals surface area contributed by atoms with E-state index in [1.165, 1.54) is 11.3 Å². The molecule has 27 heavy (non-hydrogen) atoms. The number of thiophene rings is 1. The Labute approximate surface area is 158 Å². The molecule has 1 aliphatic carbocycles. The lowest BCUT2D eigenvalue weighted by Gasteiger charge is -2.36. The molecule has 1 fully saturated rings. The molecule has 3 N–H and O–H groups in total. The highest BCUT2D eigenvalue weighted by Crippen LogP contribution is 2.34. The van der Waals surface area contributed by atoms with Crippen molar-refractivity contribution in [2.24, 2.45) is 5.73 Å². The zero-order valence-electron chi connectivity index (χ0n) is 14.7. The Morgan fingerprint density at radius 2 is 2.30 bits per heavy atom. The normalized spacial score (nSPS) is 22.1. The summed E-state index contributed by atoms with van der Waals surface area (Å²) in [4.78, 5) is 18.2. The Kier molecular flexibility index (Phi) is 4.43. The first-order valence-corrected chi connectivity index (χ1v) is 9.52. The molecule has 1 amide bonds. The van der Waals surface area contributed by atoms with E-state index in [0.29, 0.717) is 23.4 Å². The number of halogens is 2. The standard InChI is InChI=1S/C18H19F2N5OS/c1-10-11(13-9-22-15-5-3-7-23-25(13)15)8-14(27-10)17(26)24-16-12(21)4-2-6-18(16,19)20/h3,5,7-9,12,16H,2,4,6,21H2,1H3,(H,24,26). The van der Waals surface area contributed by atoms with Gasteiger partial charge >= 0.3 is 0 Å². The molecule has 1 aliphatic rings. The van der Waals surface area contributed by atoms with E-state index in [4.69, 9.17) is 5.73 Å². The molecule has 2 atom stereocenters. The molecule has 0 aromatic carbocycles. The summed E-state index contributed by atoms with van der Waals surface area (Å²) in [6.45, 7) is 1.88. The van der Waals surface area contributed by atoms with Crippen molar-refractivity contribution in [3.63, 3.8) is 0 Å². The minimum atomic E-state index is -2.99. The fourth-order valence-electron chi connectivity index (χ4n) is 3.50. The summed E-state index contributed by atoms with van der Waals surface area (Å²) in [6.07, 6.45) is 3.92. The van der Waals surface area contributed by atoms with Crippen LogP contribution in [0.15, 0.2) is 30.6 Å². The van der Waals surface area contributed by atoms with Gasteiger partial charge in [0.05, 0.1) is 16.8 Å².